The molecule has 1 aliphatic heterocycles. The smallest absolute Gasteiger partial charge is 0.122 e. The lowest BCUT2D eigenvalue weighted by Crippen LogP contribution is -2.28. The van der Waals surface area contributed by atoms with E-state index in [1.807, 2.05) is 6.92 Å². The molecule has 0 bridgehead atoms. The van der Waals surface area contributed by atoms with E-state index in [4.69, 9.17) is 4.74 Å². The number of hydrogen-bond donors (Lipinski definition) is 1. The maximum absolute atomic E-state index is 5.64. The Kier molecular flexibility index (Phi) is 4.06. The Morgan fingerprint density at radius 1 is 1.29 bits per heavy atom. The van der Waals surface area contributed by atoms with Gasteiger partial charge >= 0.3 is 0 Å². The highest BCUT2D eigenvalue weighted by atomic mass is 16.5. The summed E-state index contributed by atoms with van der Waals surface area (Å²) < 4.78 is 5.64. The van der Waals surface area contributed by atoms with Gasteiger partial charge in [0.1, 0.15) is 5.75 Å². The van der Waals surface area contributed by atoms with Gasteiger partial charge in [-0.05, 0) is 68.8 Å². The fourth-order valence-corrected chi connectivity index (χ4v) is 2.68. The quantitative estimate of drug-likeness (QED) is 0.866. The molecule has 2 heteroatoms. The molecule has 1 fully saturated rings. The molecule has 0 radical (unpaired) electrons. The minimum Gasteiger partial charge on any atom is -0.494 e. The summed E-state index contributed by atoms with van der Waals surface area (Å²) >= 11 is 0. The fourth-order valence-electron chi connectivity index (χ4n) is 2.68. The van der Waals surface area contributed by atoms with Gasteiger partial charge in [-0.3, -0.25) is 0 Å². The van der Waals surface area contributed by atoms with Crippen LogP contribution in [-0.4, -0.2) is 19.7 Å². The molecule has 1 unspecified atom stereocenters. The summed E-state index contributed by atoms with van der Waals surface area (Å²) in [5.74, 6) is 1.72. The van der Waals surface area contributed by atoms with Crippen LogP contribution >= 0.6 is 0 Å². The Morgan fingerprint density at radius 3 is 2.76 bits per heavy atom. The van der Waals surface area contributed by atoms with E-state index in [9.17, 15) is 0 Å². The number of piperidine rings is 1. The van der Waals surface area contributed by atoms with Gasteiger partial charge in [0.15, 0.2) is 0 Å². The normalized spacial score (nSPS) is 20.3. The van der Waals surface area contributed by atoms with Crippen molar-refractivity contribution in [2.75, 3.05) is 19.7 Å². The van der Waals surface area contributed by atoms with E-state index in [-0.39, 0.29) is 0 Å². The van der Waals surface area contributed by atoms with Crippen molar-refractivity contribution >= 4 is 0 Å². The molecule has 1 N–H and O–H groups in total. The molecule has 2 nitrogen and oxygen atoms in total. The van der Waals surface area contributed by atoms with Crippen molar-refractivity contribution in [3.8, 4) is 5.75 Å². The van der Waals surface area contributed by atoms with Crippen molar-refractivity contribution in [2.45, 2.75) is 39.5 Å². The van der Waals surface area contributed by atoms with Crippen LogP contribution in [0.4, 0.5) is 0 Å². The second-order valence-corrected chi connectivity index (χ2v) is 4.95. The van der Waals surface area contributed by atoms with Gasteiger partial charge in [0.05, 0.1) is 6.61 Å². The number of nitrogens with one attached hydrogen (secondary N) is 1. The summed E-state index contributed by atoms with van der Waals surface area (Å²) in [6, 6.07) is 4.51. The summed E-state index contributed by atoms with van der Waals surface area (Å²) in [6.45, 7) is 9.41. The van der Waals surface area contributed by atoms with Crippen LogP contribution in [0, 0.1) is 13.8 Å². The predicted octanol–water partition coefficient (Wildman–Crippen LogP) is 3.17. The summed E-state index contributed by atoms with van der Waals surface area (Å²) in [5.41, 5.74) is 4.13. The Morgan fingerprint density at radius 2 is 2.12 bits per heavy atom. The molecule has 0 aliphatic carbocycles. The molecule has 1 aromatic rings. The molecule has 1 atom stereocenters. The third-order valence-corrected chi connectivity index (χ3v) is 3.60. The van der Waals surface area contributed by atoms with Gasteiger partial charge in [-0.25, -0.2) is 0 Å². The van der Waals surface area contributed by atoms with E-state index < -0.39 is 0 Å². The number of benzene rings is 1. The lowest BCUT2D eigenvalue weighted by atomic mass is 9.87. The second kappa shape index (κ2) is 5.54. The molecule has 1 aliphatic rings. The number of ether oxygens (including phenoxy) is 1. The van der Waals surface area contributed by atoms with Gasteiger partial charge in [0.2, 0.25) is 0 Å². The number of rotatable bonds is 3. The van der Waals surface area contributed by atoms with Gasteiger partial charge < -0.3 is 10.1 Å². The topological polar surface area (TPSA) is 21.3 Å². The lowest BCUT2D eigenvalue weighted by molar-refractivity contribution is 0.337. The van der Waals surface area contributed by atoms with Crippen molar-refractivity contribution < 1.29 is 4.74 Å². The molecule has 1 heterocycles. The first-order valence-electron chi connectivity index (χ1n) is 6.67. The maximum Gasteiger partial charge on any atom is 0.122 e. The minimum atomic E-state index is 0.679. The molecular formula is C15H23NO. The van der Waals surface area contributed by atoms with E-state index in [1.54, 1.807) is 0 Å². The van der Waals surface area contributed by atoms with Gasteiger partial charge in [-0.15, -0.1) is 0 Å². The van der Waals surface area contributed by atoms with E-state index >= 15 is 0 Å². The van der Waals surface area contributed by atoms with Crippen LogP contribution in [0.2, 0.25) is 0 Å². The molecule has 0 spiro atoms. The second-order valence-electron chi connectivity index (χ2n) is 4.95. The Labute approximate surface area is 104 Å². The van der Waals surface area contributed by atoms with Crippen LogP contribution in [0.1, 0.15) is 42.4 Å². The Hall–Kier alpha value is -1.02. The molecular weight excluding hydrogens is 210 g/mol. The van der Waals surface area contributed by atoms with Crippen molar-refractivity contribution in [1.82, 2.24) is 5.32 Å². The van der Waals surface area contributed by atoms with E-state index in [0.717, 1.165) is 18.9 Å². The van der Waals surface area contributed by atoms with Gasteiger partial charge in [-0.1, -0.05) is 6.07 Å². The minimum absolute atomic E-state index is 0.679. The van der Waals surface area contributed by atoms with Gasteiger partial charge in [0.25, 0.3) is 0 Å². The first kappa shape index (κ1) is 12.4. The van der Waals surface area contributed by atoms with Crippen molar-refractivity contribution in [3.05, 3.63) is 28.8 Å². The molecule has 2 rings (SSSR count). The van der Waals surface area contributed by atoms with Gasteiger partial charge in [0, 0.05) is 6.54 Å². The molecule has 0 saturated carbocycles. The van der Waals surface area contributed by atoms with Crippen LogP contribution in [0.3, 0.4) is 0 Å². The summed E-state index contributed by atoms with van der Waals surface area (Å²) in [4.78, 5) is 0. The Bertz CT molecular complexity index is 381. The third-order valence-electron chi connectivity index (χ3n) is 3.60. The van der Waals surface area contributed by atoms with Crippen LogP contribution in [0.25, 0.3) is 0 Å². The summed E-state index contributed by atoms with van der Waals surface area (Å²) in [6.07, 6.45) is 2.59. The molecule has 0 aromatic heterocycles. The fraction of sp³-hybridized carbons (Fsp3) is 0.600. The highest BCUT2D eigenvalue weighted by molar-refractivity contribution is 5.43. The number of hydrogen-bond acceptors (Lipinski definition) is 2. The highest BCUT2D eigenvalue weighted by Crippen LogP contribution is 2.31. The van der Waals surface area contributed by atoms with Crippen LogP contribution in [-0.2, 0) is 0 Å². The van der Waals surface area contributed by atoms with Crippen LogP contribution in [0.5, 0.6) is 5.75 Å². The Balaban J connectivity index is 2.25. The maximum atomic E-state index is 5.64. The molecule has 1 aromatic carbocycles. The predicted molar refractivity (Wildman–Crippen MR) is 71.9 cm³/mol. The monoisotopic (exact) mass is 233 g/mol. The van der Waals surface area contributed by atoms with Crippen molar-refractivity contribution in [1.29, 1.82) is 0 Å². The van der Waals surface area contributed by atoms with Gasteiger partial charge in [-0.2, -0.15) is 0 Å². The average molecular weight is 233 g/mol. The highest BCUT2D eigenvalue weighted by Gasteiger charge is 2.18. The third kappa shape index (κ3) is 2.81. The molecule has 17 heavy (non-hydrogen) atoms. The molecule has 94 valence electrons. The van der Waals surface area contributed by atoms with Crippen molar-refractivity contribution in [2.24, 2.45) is 0 Å². The van der Waals surface area contributed by atoms with Crippen LogP contribution < -0.4 is 10.1 Å². The summed E-state index contributed by atoms with van der Waals surface area (Å²) in [5, 5.41) is 3.49. The summed E-state index contributed by atoms with van der Waals surface area (Å²) in [7, 11) is 0. The lowest BCUT2D eigenvalue weighted by Gasteiger charge is -2.25. The first-order chi connectivity index (χ1) is 8.22. The largest absolute Gasteiger partial charge is 0.494 e. The van der Waals surface area contributed by atoms with E-state index in [2.05, 4.69) is 31.3 Å². The van der Waals surface area contributed by atoms with E-state index in [1.165, 1.54) is 36.1 Å². The number of aryl methyl sites for hydroxylation is 2. The zero-order chi connectivity index (χ0) is 12.3. The zero-order valence-corrected chi connectivity index (χ0v) is 11.2. The average Bonchev–Trinajstić information content (AvgIpc) is 2.35. The van der Waals surface area contributed by atoms with Crippen LogP contribution in [0.15, 0.2) is 12.1 Å². The standard InChI is InChI=1S/C15H23NO/c1-4-17-15-9-11(2)14(8-12(15)3)13-6-5-7-16-10-13/h8-9,13,16H,4-7,10H2,1-3H3. The molecule has 1 saturated heterocycles. The zero-order valence-electron chi connectivity index (χ0n) is 11.2. The first-order valence-corrected chi connectivity index (χ1v) is 6.67. The van der Waals surface area contributed by atoms with Crippen molar-refractivity contribution in [3.63, 3.8) is 0 Å². The molecule has 0 amide bonds. The van der Waals surface area contributed by atoms with E-state index in [0.29, 0.717) is 5.92 Å². The SMILES string of the molecule is CCOc1cc(C)c(C2CCCNC2)cc1C.